The molecule has 1 aliphatic carbocycles. The maximum absolute atomic E-state index is 11.9. The van der Waals surface area contributed by atoms with Crippen LogP contribution in [0.3, 0.4) is 0 Å². The second kappa shape index (κ2) is 9.03. The van der Waals surface area contributed by atoms with Crippen molar-refractivity contribution in [2.45, 2.75) is 83.7 Å². The van der Waals surface area contributed by atoms with Crippen LogP contribution in [0.5, 0.6) is 0 Å². The van der Waals surface area contributed by atoms with Gasteiger partial charge in [0.15, 0.2) is 0 Å². The summed E-state index contributed by atoms with van der Waals surface area (Å²) >= 11 is 0. The number of carbonyl (C=O) groups is 1. The number of rotatable bonds is 8. The summed E-state index contributed by atoms with van der Waals surface area (Å²) in [7, 11) is -1.12. The first-order chi connectivity index (χ1) is 14.4. The number of hydrogen-bond donors (Lipinski definition) is 3. The third-order valence-corrected chi connectivity index (χ3v) is 6.77. The summed E-state index contributed by atoms with van der Waals surface area (Å²) in [4.78, 5) is 20.7. The molecular formula is C21H36N6O3Si. The first-order valence-corrected chi connectivity index (χ1v) is 14.6. The van der Waals surface area contributed by atoms with E-state index in [4.69, 9.17) is 15.2 Å². The topological polar surface area (TPSA) is 116 Å². The van der Waals surface area contributed by atoms with Gasteiger partial charge in [-0.05, 0) is 45.7 Å². The third kappa shape index (κ3) is 6.83. The molecule has 0 unspecified atom stereocenters. The summed E-state index contributed by atoms with van der Waals surface area (Å²) in [6.07, 6.45) is 3.17. The number of alkyl carbamates (subject to hydrolysis) is 1. The van der Waals surface area contributed by atoms with Crippen molar-refractivity contribution in [2.75, 3.05) is 17.7 Å². The molecule has 2 heterocycles. The minimum Gasteiger partial charge on any atom is -0.444 e. The fourth-order valence-electron chi connectivity index (χ4n) is 3.36. The van der Waals surface area contributed by atoms with Crippen LogP contribution in [0.25, 0.3) is 11.0 Å². The van der Waals surface area contributed by atoms with Gasteiger partial charge in [-0.15, -0.1) is 0 Å². The molecule has 0 atom stereocenters. The maximum Gasteiger partial charge on any atom is 0.407 e. The highest BCUT2D eigenvalue weighted by molar-refractivity contribution is 6.76. The largest absolute Gasteiger partial charge is 0.444 e. The van der Waals surface area contributed by atoms with E-state index < -0.39 is 13.7 Å². The van der Waals surface area contributed by atoms with E-state index in [1.165, 1.54) is 0 Å². The Morgan fingerprint density at radius 2 is 1.97 bits per heavy atom. The van der Waals surface area contributed by atoms with Crippen LogP contribution in [0, 0.1) is 0 Å². The summed E-state index contributed by atoms with van der Waals surface area (Å²) < 4.78 is 13.1. The van der Waals surface area contributed by atoms with Crippen molar-refractivity contribution in [2.24, 2.45) is 0 Å². The minimum atomic E-state index is -1.12. The second-order valence-electron chi connectivity index (χ2n) is 10.5. The van der Waals surface area contributed by atoms with Crippen LogP contribution in [0.2, 0.25) is 25.7 Å². The summed E-state index contributed by atoms with van der Waals surface area (Å²) in [6.45, 7) is 13.7. The van der Waals surface area contributed by atoms with Crippen LogP contribution < -0.4 is 16.4 Å². The summed E-state index contributed by atoms with van der Waals surface area (Å²) in [5.74, 6) is 0.934. The lowest BCUT2D eigenvalue weighted by atomic mass is 9.87. The fraction of sp³-hybridized carbons (Fsp3) is 0.667. The zero-order valence-corrected chi connectivity index (χ0v) is 20.5. The average Bonchev–Trinajstić information content (AvgIpc) is 2.97. The fourth-order valence-corrected chi connectivity index (χ4v) is 4.12. The highest BCUT2D eigenvalue weighted by Gasteiger charge is 2.32. The monoisotopic (exact) mass is 448 g/mol. The van der Waals surface area contributed by atoms with Crippen LogP contribution in [-0.4, -0.2) is 53.0 Å². The molecule has 1 saturated carbocycles. The van der Waals surface area contributed by atoms with Crippen molar-refractivity contribution in [1.29, 1.82) is 0 Å². The van der Waals surface area contributed by atoms with Gasteiger partial charge in [0.05, 0.1) is 5.39 Å². The third-order valence-electron chi connectivity index (χ3n) is 5.06. The van der Waals surface area contributed by atoms with Gasteiger partial charge in [-0.1, -0.05) is 19.6 Å². The van der Waals surface area contributed by atoms with Crippen molar-refractivity contribution in [1.82, 2.24) is 19.9 Å². The lowest BCUT2D eigenvalue weighted by Crippen LogP contribution is -2.50. The molecule has 0 aromatic carbocycles. The molecule has 9 nitrogen and oxygen atoms in total. The molecule has 31 heavy (non-hydrogen) atoms. The molecule has 4 N–H and O–H groups in total. The normalized spacial score (nSPS) is 19.2. The van der Waals surface area contributed by atoms with Crippen LogP contribution in [0.15, 0.2) is 12.3 Å². The Hall–Kier alpha value is -2.33. The molecule has 2 aromatic rings. The lowest BCUT2D eigenvalue weighted by molar-refractivity contribution is 0.0475. The van der Waals surface area contributed by atoms with Gasteiger partial charge in [0.1, 0.15) is 23.8 Å². The molecule has 1 aliphatic rings. The van der Waals surface area contributed by atoms with Crippen molar-refractivity contribution in [3.8, 4) is 0 Å². The molecule has 3 rings (SSSR count). The summed E-state index contributed by atoms with van der Waals surface area (Å²) in [6, 6.07) is 3.39. The molecule has 2 aromatic heterocycles. The first kappa shape index (κ1) is 23.3. The zero-order valence-electron chi connectivity index (χ0n) is 19.5. The van der Waals surface area contributed by atoms with Gasteiger partial charge in [0.25, 0.3) is 0 Å². The van der Waals surface area contributed by atoms with E-state index in [2.05, 4.69) is 40.2 Å². The Kier molecular flexibility index (Phi) is 6.80. The van der Waals surface area contributed by atoms with E-state index >= 15 is 0 Å². The Labute approximate surface area is 185 Å². The highest BCUT2D eigenvalue weighted by Crippen LogP contribution is 2.28. The SMILES string of the molecule is CC(C)(C)OC(=O)NC1CC(Nc2nc(N)nc3c2ccn3COCC[Si](C)(C)C)C1. The number of fused-ring (bicyclic) bond motifs is 1. The van der Waals surface area contributed by atoms with Gasteiger partial charge in [0.2, 0.25) is 5.95 Å². The van der Waals surface area contributed by atoms with E-state index in [1.54, 1.807) is 0 Å². The van der Waals surface area contributed by atoms with Gasteiger partial charge in [0, 0.05) is 33.0 Å². The van der Waals surface area contributed by atoms with Gasteiger partial charge in [-0.3, -0.25) is 0 Å². The van der Waals surface area contributed by atoms with E-state index in [1.807, 2.05) is 37.6 Å². The van der Waals surface area contributed by atoms with Crippen LogP contribution in [0.1, 0.15) is 33.6 Å². The summed E-state index contributed by atoms with van der Waals surface area (Å²) in [5, 5.41) is 7.26. The second-order valence-corrected chi connectivity index (χ2v) is 16.1. The first-order valence-electron chi connectivity index (χ1n) is 10.9. The molecule has 0 bridgehead atoms. The predicted octanol–water partition coefficient (Wildman–Crippen LogP) is 3.79. The van der Waals surface area contributed by atoms with Gasteiger partial charge < -0.3 is 30.4 Å². The Morgan fingerprint density at radius 3 is 2.61 bits per heavy atom. The zero-order chi connectivity index (χ0) is 22.8. The van der Waals surface area contributed by atoms with Crippen molar-refractivity contribution >= 4 is 37.0 Å². The van der Waals surface area contributed by atoms with Crippen LogP contribution in [-0.2, 0) is 16.2 Å². The molecule has 0 saturated heterocycles. The van der Waals surface area contributed by atoms with E-state index in [0.29, 0.717) is 12.5 Å². The number of nitrogens with one attached hydrogen (secondary N) is 2. The van der Waals surface area contributed by atoms with Crippen LogP contribution >= 0.6 is 0 Å². The van der Waals surface area contributed by atoms with E-state index in [9.17, 15) is 4.79 Å². The molecule has 10 heteroatoms. The van der Waals surface area contributed by atoms with Crippen molar-refractivity contribution < 1.29 is 14.3 Å². The molecule has 172 valence electrons. The molecule has 0 spiro atoms. The Balaban J connectivity index is 1.56. The number of nitrogen functional groups attached to an aromatic ring is 1. The molecular weight excluding hydrogens is 412 g/mol. The smallest absolute Gasteiger partial charge is 0.407 e. The van der Waals surface area contributed by atoms with Gasteiger partial charge in [-0.25, -0.2) is 4.79 Å². The van der Waals surface area contributed by atoms with Gasteiger partial charge >= 0.3 is 6.09 Å². The van der Waals surface area contributed by atoms with Gasteiger partial charge in [-0.2, -0.15) is 9.97 Å². The number of nitrogens with zero attached hydrogens (tertiary/aromatic N) is 3. The van der Waals surface area contributed by atoms with Crippen molar-refractivity contribution in [3.05, 3.63) is 12.3 Å². The quantitative estimate of drug-likeness (QED) is 0.415. The molecule has 1 amide bonds. The predicted molar refractivity (Wildman–Crippen MR) is 126 cm³/mol. The number of amides is 1. The maximum atomic E-state index is 11.9. The van der Waals surface area contributed by atoms with E-state index in [-0.39, 0.29) is 24.1 Å². The number of ether oxygens (including phenoxy) is 2. The standard InChI is InChI=1S/C21H36N6O3Si/c1-21(2,3)30-20(28)24-15-11-14(12-15)23-17-16-7-8-27(18(16)26-19(22)25-17)13-29-9-10-31(4,5)6/h7-8,14-15H,9-13H2,1-6H3,(H,24,28)(H3,22,23,25,26). The Bertz CT molecular complexity index is 912. The number of aromatic nitrogens is 3. The minimum absolute atomic E-state index is 0.0892. The number of hydrogen-bond acceptors (Lipinski definition) is 7. The van der Waals surface area contributed by atoms with Crippen molar-refractivity contribution in [3.63, 3.8) is 0 Å². The average molecular weight is 449 g/mol. The molecule has 1 fully saturated rings. The van der Waals surface area contributed by atoms with E-state index in [0.717, 1.165) is 36.5 Å². The number of anilines is 2. The lowest BCUT2D eigenvalue weighted by Gasteiger charge is -2.37. The number of nitrogens with two attached hydrogens (primary N) is 1. The Morgan fingerprint density at radius 1 is 1.26 bits per heavy atom. The number of carbonyl (C=O) groups excluding carboxylic acids is 1. The van der Waals surface area contributed by atoms with Crippen LogP contribution in [0.4, 0.5) is 16.6 Å². The highest BCUT2D eigenvalue weighted by atomic mass is 28.3. The summed E-state index contributed by atoms with van der Waals surface area (Å²) in [5.41, 5.74) is 6.22. The molecule has 0 radical (unpaired) electrons. The molecule has 0 aliphatic heterocycles.